The van der Waals surface area contributed by atoms with Gasteiger partial charge in [0.15, 0.2) is 9.76 Å². The third kappa shape index (κ3) is 6.57. The summed E-state index contributed by atoms with van der Waals surface area (Å²) < 4.78 is 6.02. The van der Waals surface area contributed by atoms with E-state index < -0.39 is 0 Å². The summed E-state index contributed by atoms with van der Waals surface area (Å²) in [7, 11) is -0.284. The van der Waals surface area contributed by atoms with Crippen molar-refractivity contribution in [2.45, 2.75) is 64.5 Å². The molecule has 3 heteroatoms. The van der Waals surface area contributed by atoms with E-state index in [9.17, 15) is 0 Å². The van der Waals surface area contributed by atoms with Gasteiger partial charge < -0.3 is 10.2 Å². The summed E-state index contributed by atoms with van der Waals surface area (Å²) >= 11 is 0. The van der Waals surface area contributed by atoms with Crippen molar-refractivity contribution >= 4 is 9.76 Å². The van der Waals surface area contributed by atoms with Gasteiger partial charge in [-0.25, -0.2) is 0 Å². The second kappa shape index (κ2) is 8.45. The van der Waals surface area contributed by atoms with Crippen LogP contribution in [-0.2, 0) is 4.43 Å². The molecule has 0 rings (SSSR count). The number of hydrogen-bond acceptors (Lipinski definition) is 2. The van der Waals surface area contributed by atoms with Crippen LogP contribution in [0.3, 0.4) is 0 Å². The fourth-order valence-corrected chi connectivity index (χ4v) is 2.98. The third-order valence-corrected chi connectivity index (χ3v) is 4.73. The lowest BCUT2D eigenvalue weighted by molar-refractivity contribution is 0.0850. The standard InChI is InChI=1S/C11H27NOSi/c1-4-11(3,5-2)13-14-10-8-6-7-9-12/h4-10,12,14H2,1-3H3. The molecule has 0 aliphatic rings. The molecule has 86 valence electrons. The number of unbranched alkanes of at least 4 members (excludes halogenated alkanes) is 2. The maximum atomic E-state index is 6.02. The van der Waals surface area contributed by atoms with Gasteiger partial charge in [-0.2, -0.15) is 0 Å². The van der Waals surface area contributed by atoms with Crippen LogP contribution in [0.2, 0.25) is 6.04 Å². The van der Waals surface area contributed by atoms with Crippen molar-refractivity contribution in [1.29, 1.82) is 0 Å². The smallest absolute Gasteiger partial charge is 0.162 e. The molecule has 0 aromatic carbocycles. The molecule has 0 saturated carbocycles. The van der Waals surface area contributed by atoms with Gasteiger partial charge in [-0.05, 0) is 38.8 Å². The molecule has 0 spiro atoms. The second-order valence-corrected chi connectivity index (χ2v) is 5.61. The van der Waals surface area contributed by atoms with Gasteiger partial charge in [-0.1, -0.05) is 26.7 Å². The van der Waals surface area contributed by atoms with E-state index in [2.05, 4.69) is 20.8 Å². The molecule has 0 radical (unpaired) electrons. The van der Waals surface area contributed by atoms with Gasteiger partial charge in [0.2, 0.25) is 0 Å². The van der Waals surface area contributed by atoms with Gasteiger partial charge in [0, 0.05) is 0 Å². The van der Waals surface area contributed by atoms with E-state index in [1.807, 2.05) is 0 Å². The maximum absolute atomic E-state index is 6.02. The minimum absolute atomic E-state index is 0.167. The zero-order valence-corrected chi connectivity index (χ0v) is 11.6. The van der Waals surface area contributed by atoms with Crippen LogP contribution in [0.4, 0.5) is 0 Å². The molecular weight excluding hydrogens is 190 g/mol. The van der Waals surface area contributed by atoms with Gasteiger partial charge in [-0.3, -0.25) is 0 Å². The molecule has 0 saturated heterocycles. The van der Waals surface area contributed by atoms with Crippen molar-refractivity contribution < 1.29 is 4.43 Å². The molecule has 0 atom stereocenters. The summed E-state index contributed by atoms with van der Waals surface area (Å²) in [4.78, 5) is 0. The summed E-state index contributed by atoms with van der Waals surface area (Å²) in [5, 5.41) is 0. The Kier molecular flexibility index (Phi) is 8.53. The van der Waals surface area contributed by atoms with E-state index in [4.69, 9.17) is 10.2 Å². The van der Waals surface area contributed by atoms with Crippen LogP contribution in [0.1, 0.15) is 52.9 Å². The average Bonchev–Trinajstić information content (AvgIpc) is 2.23. The lowest BCUT2D eigenvalue weighted by Crippen LogP contribution is -2.28. The SMILES string of the molecule is CCC(C)(CC)O[SiH2]CCCCCN. The first kappa shape index (κ1) is 14.1. The Labute approximate surface area is 91.5 Å². The molecule has 0 amide bonds. The third-order valence-electron chi connectivity index (χ3n) is 3.04. The molecule has 2 N–H and O–H groups in total. The molecule has 0 fully saturated rings. The van der Waals surface area contributed by atoms with E-state index in [-0.39, 0.29) is 15.4 Å². The van der Waals surface area contributed by atoms with Crippen molar-refractivity contribution in [3.63, 3.8) is 0 Å². The zero-order valence-electron chi connectivity index (χ0n) is 10.1. The normalized spacial score (nSPS) is 12.9. The molecule has 0 aliphatic heterocycles. The first-order valence-electron chi connectivity index (χ1n) is 6.02. The van der Waals surface area contributed by atoms with Gasteiger partial charge in [0.1, 0.15) is 0 Å². The summed E-state index contributed by atoms with van der Waals surface area (Å²) in [6.45, 7) is 7.50. The summed E-state index contributed by atoms with van der Waals surface area (Å²) in [6, 6.07) is 1.32. The average molecular weight is 217 g/mol. The highest BCUT2D eigenvalue weighted by atomic mass is 28.2. The van der Waals surface area contributed by atoms with E-state index in [1.54, 1.807) is 0 Å². The largest absolute Gasteiger partial charge is 0.419 e. The van der Waals surface area contributed by atoms with Crippen molar-refractivity contribution in [3.8, 4) is 0 Å². The minimum atomic E-state index is -0.284. The fraction of sp³-hybridized carbons (Fsp3) is 1.00. The van der Waals surface area contributed by atoms with Crippen LogP contribution in [0.5, 0.6) is 0 Å². The predicted molar refractivity (Wildman–Crippen MR) is 66.3 cm³/mol. The Morgan fingerprint density at radius 2 is 1.79 bits per heavy atom. The monoisotopic (exact) mass is 217 g/mol. The van der Waals surface area contributed by atoms with Crippen LogP contribution in [0, 0.1) is 0 Å². The van der Waals surface area contributed by atoms with Gasteiger partial charge in [0.05, 0.1) is 5.60 Å². The lowest BCUT2D eigenvalue weighted by Gasteiger charge is -2.27. The zero-order chi connectivity index (χ0) is 10.9. The van der Waals surface area contributed by atoms with Crippen molar-refractivity contribution in [3.05, 3.63) is 0 Å². The van der Waals surface area contributed by atoms with Gasteiger partial charge >= 0.3 is 0 Å². The van der Waals surface area contributed by atoms with Crippen LogP contribution in [0.25, 0.3) is 0 Å². The Bertz CT molecular complexity index is 126. The van der Waals surface area contributed by atoms with Gasteiger partial charge in [0.25, 0.3) is 0 Å². The molecule has 0 bridgehead atoms. The Hall–Kier alpha value is 0.137. The maximum Gasteiger partial charge on any atom is 0.162 e. The first-order chi connectivity index (χ1) is 6.68. The highest BCUT2D eigenvalue weighted by Gasteiger charge is 2.18. The summed E-state index contributed by atoms with van der Waals surface area (Å²) in [5.41, 5.74) is 5.60. The second-order valence-electron chi connectivity index (χ2n) is 4.21. The van der Waals surface area contributed by atoms with Crippen LogP contribution in [-0.4, -0.2) is 21.9 Å². The van der Waals surface area contributed by atoms with Crippen LogP contribution in [0.15, 0.2) is 0 Å². The number of nitrogens with two attached hydrogens (primary N) is 1. The van der Waals surface area contributed by atoms with Crippen LogP contribution >= 0.6 is 0 Å². The van der Waals surface area contributed by atoms with E-state index in [0.29, 0.717) is 0 Å². The molecule has 2 nitrogen and oxygen atoms in total. The number of rotatable bonds is 9. The van der Waals surface area contributed by atoms with Crippen molar-refractivity contribution in [1.82, 2.24) is 0 Å². The summed E-state index contributed by atoms with van der Waals surface area (Å²) in [6.07, 6.45) is 6.04. The molecular formula is C11H27NOSi. The molecule has 0 aromatic rings. The van der Waals surface area contributed by atoms with E-state index in [1.165, 1.54) is 25.3 Å². The molecule has 0 aromatic heterocycles. The fourth-order valence-electron chi connectivity index (χ4n) is 1.37. The molecule has 0 heterocycles. The Balaban J connectivity index is 3.34. The molecule has 14 heavy (non-hydrogen) atoms. The van der Waals surface area contributed by atoms with E-state index in [0.717, 1.165) is 19.4 Å². The molecule has 0 unspecified atom stereocenters. The van der Waals surface area contributed by atoms with Crippen molar-refractivity contribution in [2.24, 2.45) is 5.73 Å². The quantitative estimate of drug-likeness (QED) is 0.475. The topological polar surface area (TPSA) is 35.2 Å². The highest BCUT2D eigenvalue weighted by Crippen LogP contribution is 2.19. The first-order valence-corrected chi connectivity index (χ1v) is 7.60. The predicted octanol–water partition coefficient (Wildman–Crippen LogP) is 2.21. The Morgan fingerprint density at radius 1 is 1.14 bits per heavy atom. The molecule has 0 aliphatic carbocycles. The lowest BCUT2D eigenvalue weighted by atomic mass is 10.0. The number of hydrogen-bond donors (Lipinski definition) is 1. The van der Waals surface area contributed by atoms with Crippen LogP contribution < -0.4 is 5.73 Å². The minimum Gasteiger partial charge on any atom is -0.419 e. The Morgan fingerprint density at radius 3 is 2.29 bits per heavy atom. The van der Waals surface area contributed by atoms with E-state index >= 15 is 0 Å². The van der Waals surface area contributed by atoms with Gasteiger partial charge in [-0.15, -0.1) is 0 Å². The van der Waals surface area contributed by atoms with Crippen molar-refractivity contribution in [2.75, 3.05) is 6.54 Å². The summed E-state index contributed by atoms with van der Waals surface area (Å²) in [5.74, 6) is 0. The highest BCUT2D eigenvalue weighted by molar-refractivity contribution is 6.27.